The van der Waals surface area contributed by atoms with Crippen LogP contribution in [0.4, 0.5) is 5.82 Å². The zero-order valence-electron chi connectivity index (χ0n) is 15.6. The van der Waals surface area contributed by atoms with E-state index in [9.17, 15) is 4.79 Å². The standard InChI is InChI=1S/C20H27N5O/c1-14-16-5-3-4-6-17(16)20(23-22-14)24-11-9-18-15(13-24)7-8-19(26)25(18)12-10-21-2/h3-6,15,18,21H,7-13H2,1-2H3/t15-,18+/m0/s1. The number of hydrogen-bond acceptors (Lipinski definition) is 5. The van der Waals surface area contributed by atoms with Crippen LogP contribution in [0, 0.1) is 12.8 Å². The third-order valence-corrected chi connectivity index (χ3v) is 5.90. The SMILES string of the molecule is CNCCN1C(=O)CC[C@H]2CN(c3nnc(C)c4ccccc34)CC[C@H]21. The number of anilines is 1. The fourth-order valence-corrected chi connectivity index (χ4v) is 4.52. The van der Waals surface area contributed by atoms with E-state index in [0.717, 1.165) is 50.5 Å². The van der Waals surface area contributed by atoms with Crippen molar-refractivity contribution in [3.05, 3.63) is 30.0 Å². The summed E-state index contributed by atoms with van der Waals surface area (Å²) in [5.41, 5.74) is 0.973. The molecule has 6 heteroatoms. The Morgan fingerprint density at radius 3 is 2.81 bits per heavy atom. The lowest BCUT2D eigenvalue weighted by Crippen LogP contribution is -2.57. The summed E-state index contributed by atoms with van der Waals surface area (Å²) in [7, 11) is 1.94. The molecular weight excluding hydrogens is 326 g/mol. The third kappa shape index (κ3) is 3.03. The van der Waals surface area contributed by atoms with Crippen molar-refractivity contribution in [3.8, 4) is 0 Å². The van der Waals surface area contributed by atoms with E-state index in [1.165, 1.54) is 10.8 Å². The quantitative estimate of drug-likeness (QED) is 0.911. The molecule has 2 aliphatic heterocycles. The topological polar surface area (TPSA) is 61.4 Å². The number of carbonyl (C=O) groups excluding carboxylic acids is 1. The van der Waals surface area contributed by atoms with Crippen LogP contribution in [0.5, 0.6) is 0 Å². The molecule has 1 amide bonds. The second kappa shape index (κ2) is 7.19. The molecular formula is C20H27N5O. The molecule has 1 aromatic heterocycles. The van der Waals surface area contributed by atoms with Crippen molar-refractivity contribution in [2.75, 3.05) is 38.1 Å². The normalized spacial score (nSPS) is 23.4. The average Bonchev–Trinajstić information content (AvgIpc) is 2.67. The van der Waals surface area contributed by atoms with Crippen LogP contribution >= 0.6 is 0 Å². The van der Waals surface area contributed by atoms with E-state index in [-0.39, 0.29) is 0 Å². The van der Waals surface area contributed by atoms with E-state index in [1.54, 1.807) is 0 Å². The fraction of sp³-hybridized carbons (Fsp3) is 0.550. The molecule has 1 aromatic carbocycles. The van der Waals surface area contributed by atoms with Crippen molar-refractivity contribution in [1.82, 2.24) is 20.4 Å². The van der Waals surface area contributed by atoms with Crippen LogP contribution in [0.2, 0.25) is 0 Å². The lowest BCUT2D eigenvalue weighted by atomic mass is 9.83. The van der Waals surface area contributed by atoms with Crippen LogP contribution in [-0.2, 0) is 4.79 Å². The monoisotopic (exact) mass is 353 g/mol. The van der Waals surface area contributed by atoms with Crippen LogP contribution in [0.25, 0.3) is 10.8 Å². The highest BCUT2D eigenvalue weighted by molar-refractivity contribution is 5.93. The van der Waals surface area contributed by atoms with E-state index in [4.69, 9.17) is 0 Å². The molecule has 0 radical (unpaired) electrons. The van der Waals surface area contributed by atoms with E-state index in [1.807, 2.05) is 14.0 Å². The highest BCUT2D eigenvalue weighted by Crippen LogP contribution is 2.34. The van der Waals surface area contributed by atoms with Gasteiger partial charge in [0.15, 0.2) is 5.82 Å². The van der Waals surface area contributed by atoms with Gasteiger partial charge in [-0.1, -0.05) is 24.3 Å². The van der Waals surface area contributed by atoms with Gasteiger partial charge in [0, 0.05) is 49.4 Å². The van der Waals surface area contributed by atoms with Gasteiger partial charge in [-0.25, -0.2) is 0 Å². The first-order valence-corrected chi connectivity index (χ1v) is 9.60. The molecule has 0 unspecified atom stereocenters. The minimum atomic E-state index is 0.315. The number of fused-ring (bicyclic) bond motifs is 2. The van der Waals surface area contributed by atoms with Crippen molar-refractivity contribution in [3.63, 3.8) is 0 Å². The molecule has 2 fully saturated rings. The van der Waals surface area contributed by atoms with Gasteiger partial charge < -0.3 is 15.1 Å². The molecule has 0 aliphatic carbocycles. The maximum absolute atomic E-state index is 12.4. The first kappa shape index (κ1) is 17.2. The first-order valence-electron chi connectivity index (χ1n) is 9.60. The Bertz CT molecular complexity index is 808. The molecule has 0 spiro atoms. The van der Waals surface area contributed by atoms with Gasteiger partial charge in [0.1, 0.15) is 0 Å². The minimum Gasteiger partial charge on any atom is -0.354 e. The average molecular weight is 353 g/mol. The van der Waals surface area contributed by atoms with Crippen molar-refractivity contribution >= 4 is 22.5 Å². The minimum absolute atomic E-state index is 0.315. The van der Waals surface area contributed by atoms with Crippen molar-refractivity contribution in [2.24, 2.45) is 5.92 Å². The Morgan fingerprint density at radius 1 is 1.19 bits per heavy atom. The number of likely N-dealkylation sites (N-methyl/N-ethyl adjacent to an activating group) is 1. The number of hydrogen-bond donors (Lipinski definition) is 1. The summed E-state index contributed by atoms with van der Waals surface area (Å²) in [6.45, 7) is 5.55. The Labute approximate surface area is 154 Å². The number of amides is 1. The first-order chi connectivity index (χ1) is 12.7. The summed E-state index contributed by atoms with van der Waals surface area (Å²) < 4.78 is 0. The highest BCUT2D eigenvalue weighted by Gasteiger charge is 2.39. The van der Waals surface area contributed by atoms with Gasteiger partial charge >= 0.3 is 0 Å². The van der Waals surface area contributed by atoms with E-state index >= 15 is 0 Å². The smallest absolute Gasteiger partial charge is 0.222 e. The number of aryl methyl sites for hydroxylation is 1. The van der Waals surface area contributed by atoms with Crippen molar-refractivity contribution in [2.45, 2.75) is 32.2 Å². The van der Waals surface area contributed by atoms with Crippen LogP contribution in [0.1, 0.15) is 25.0 Å². The number of piperidine rings is 2. The Hall–Kier alpha value is -2.21. The molecule has 2 saturated heterocycles. The fourth-order valence-electron chi connectivity index (χ4n) is 4.52. The molecule has 4 rings (SSSR count). The summed E-state index contributed by atoms with van der Waals surface area (Å²) in [6, 6.07) is 8.75. The molecule has 0 saturated carbocycles. The van der Waals surface area contributed by atoms with Gasteiger partial charge in [0.05, 0.1) is 5.69 Å². The van der Waals surface area contributed by atoms with Crippen LogP contribution < -0.4 is 10.2 Å². The van der Waals surface area contributed by atoms with Gasteiger partial charge in [-0.3, -0.25) is 4.79 Å². The molecule has 1 N–H and O–H groups in total. The molecule has 2 aliphatic rings. The van der Waals surface area contributed by atoms with Gasteiger partial charge in [-0.15, -0.1) is 5.10 Å². The molecule has 3 heterocycles. The summed E-state index contributed by atoms with van der Waals surface area (Å²) in [4.78, 5) is 16.9. The number of likely N-dealkylation sites (tertiary alicyclic amines) is 1. The summed E-state index contributed by atoms with van der Waals surface area (Å²) in [5, 5.41) is 14.4. The van der Waals surface area contributed by atoms with Gasteiger partial charge in [-0.05, 0) is 32.7 Å². The predicted octanol–water partition coefficient (Wildman–Crippen LogP) is 1.97. The van der Waals surface area contributed by atoms with Crippen LogP contribution in [-0.4, -0.2) is 60.3 Å². The molecule has 2 aromatic rings. The lowest BCUT2D eigenvalue weighted by molar-refractivity contribution is -0.139. The maximum atomic E-state index is 12.4. The maximum Gasteiger partial charge on any atom is 0.222 e. The number of rotatable bonds is 4. The van der Waals surface area contributed by atoms with Gasteiger partial charge in [-0.2, -0.15) is 5.10 Å². The number of nitrogens with one attached hydrogen (secondary N) is 1. The summed E-state index contributed by atoms with van der Waals surface area (Å²) in [5.74, 6) is 1.82. The highest BCUT2D eigenvalue weighted by atomic mass is 16.2. The Balaban J connectivity index is 1.58. The number of carbonyl (C=O) groups is 1. The van der Waals surface area contributed by atoms with Gasteiger partial charge in [0.25, 0.3) is 0 Å². The third-order valence-electron chi connectivity index (χ3n) is 5.90. The number of aromatic nitrogens is 2. The van der Waals surface area contributed by atoms with Crippen molar-refractivity contribution < 1.29 is 4.79 Å². The van der Waals surface area contributed by atoms with Crippen LogP contribution in [0.3, 0.4) is 0 Å². The molecule has 6 nitrogen and oxygen atoms in total. The van der Waals surface area contributed by atoms with E-state index in [0.29, 0.717) is 24.3 Å². The zero-order chi connectivity index (χ0) is 18.1. The van der Waals surface area contributed by atoms with Crippen molar-refractivity contribution in [1.29, 1.82) is 0 Å². The molecule has 138 valence electrons. The number of nitrogens with zero attached hydrogens (tertiary/aromatic N) is 4. The second-order valence-electron chi connectivity index (χ2n) is 7.45. The summed E-state index contributed by atoms with van der Waals surface area (Å²) >= 11 is 0. The molecule has 26 heavy (non-hydrogen) atoms. The number of benzene rings is 1. The Morgan fingerprint density at radius 2 is 2.00 bits per heavy atom. The van der Waals surface area contributed by atoms with Gasteiger partial charge in [0.2, 0.25) is 5.91 Å². The largest absolute Gasteiger partial charge is 0.354 e. The lowest BCUT2D eigenvalue weighted by Gasteiger charge is -2.47. The Kier molecular flexibility index (Phi) is 4.76. The zero-order valence-corrected chi connectivity index (χ0v) is 15.6. The predicted molar refractivity (Wildman–Crippen MR) is 103 cm³/mol. The summed E-state index contributed by atoms with van der Waals surface area (Å²) in [6.07, 6.45) is 2.65. The molecule has 2 atom stereocenters. The van der Waals surface area contributed by atoms with Crippen LogP contribution in [0.15, 0.2) is 24.3 Å². The molecule has 0 bridgehead atoms. The van der Waals surface area contributed by atoms with E-state index in [2.05, 4.69) is 49.6 Å². The van der Waals surface area contributed by atoms with E-state index < -0.39 is 0 Å². The second-order valence-corrected chi connectivity index (χ2v) is 7.45.